The zero-order chi connectivity index (χ0) is 13.4. The lowest BCUT2D eigenvalue weighted by atomic mass is 9.65. The molecule has 90 valence electrons. The van der Waals surface area contributed by atoms with E-state index in [1.165, 1.54) is 20.8 Å². The van der Waals surface area contributed by atoms with Crippen molar-refractivity contribution in [3.63, 3.8) is 0 Å². The molecular formula is C11H18N2O3. The second-order valence-electron chi connectivity index (χ2n) is 5.63. The molecule has 0 fully saturated rings. The lowest BCUT2D eigenvalue weighted by Crippen LogP contribution is -2.54. The first-order valence-electron chi connectivity index (χ1n) is 5.02. The minimum atomic E-state index is -1.63. The average molecular weight is 226 g/mol. The lowest BCUT2D eigenvalue weighted by molar-refractivity contribution is -0.573. The van der Waals surface area contributed by atoms with Gasteiger partial charge in [0.2, 0.25) is 5.54 Å². The number of ketones is 1. The number of rotatable bonds is 3. The molecule has 0 aromatic heterocycles. The van der Waals surface area contributed by atoms with E-state index in [-0.39, 0.29) is 0 Å². The Hall–Kier alpha value is -1.44. The smallest absolute Gasteiger partial charge is 0.241 e. The van der Waals surface area contributed by atoms with Crippen LogP contribution >= 0.6 is 0 Å². The van der Waals surface area contributed by atoms with Gasteiger partial charge in [-0.2, -0.15) is 5.26 Å². The fourth-order valence-electron chi connectivity index (χ4n) is 1.40. The van der Waals surface area contributed by atoms with Gasteiger partial charge in [-0.25, -0.2) is 0 Å². The number of nitriles is 1. The third kappa shape index (κ3) is 2.06. The van der Waals surface area contributed by atoms with Crippen molar-refractivity contribution in [2.75, 3.05) is 0 Å². The zero-order valence-corrected chi connectivity index (χ0v) is 10.6. The molecule has 5 heteroatoms. The summed E-state index contributed by atoms with van der Waals surface area (Å²) in [5, 5.41) is 20.1. The molecule has 0 aliphatic rings. The van der Waals surface area contributed by atoms with E-state index in [0.29, 0.717) is 0 Å². The Morgan fingerprint density at radius 3 is 1.75 bits per heavy atom. The first kappa shape index (κ1) is 14.6. The fourth-order valence-corrected chi connectivity index (χ4v) is 1.40. The van der Waals surface area contributed by atoms with Crippen LogP contribution in [0.4, 0.5) is 0 Å². The molecule has 0 saturated heterocycles. The highest BCUT2D eigenvalue weighted by atomic mass is 16.6. The molecule has 0 heterocycles. The standard InChI is InChI=1S/C11H18N2O3/c1-9(2,3)8(14)11(6,7-12)10(4,5)13(15)16/h1-6H3. The number of hydrogen-bond donors (Lipinski definition) is 0. The van der Waals surface area contributed by atoms with Crippen LogP contribution < -0.4 is 0 Å². The van der Waals surface area contributed by atoms with Crippen LogP contribution in [-0.2, 0) is 4.79 Å². The number of hydrogen-bond acceptors (Lipinski definition) is 4. The second-order valence-corrected chi connectivity index (χ2v) is 5.63. The minimum absolute atomic E-state index is 0.413. The van der Waals surface area contributed by atoms with Crippen LogP contribution in [0.5, 0.6) is 0 Å². The zero-order valence-electron chi connectivity index (χ0n) is 10.6. The fraction of sp³-hybridized carbons (Fsp3) is 0.818. The normalized spacial score (nSPS) is 16.1. The molecule has 0 aromatic carbocycles. The molecule has 0 bridgehead atoms. The summed E-state index contributed by atoms with van der Waals surface area (Å²) < 4.78 is 0. The first-order valence-corrected chi connectivity index (χ1v) is 5.02. The van der Waals surface area contributed by atoms with Gasteiger partial charge < -0.3 is 0 Å². The molecule has 0 radical (unpaired) electrons. The second kappa shape index (κ2) is 3.85. The molecule has 0 saturated carbocycles. The van der Waals surface area contributed by atoms with Gasteiger partial charge in [-0.15, -0.1) is 0 Å². The number of nitrogens with zero attached hydrogens (tertiary/aromatic N) is 2. The highest BCUT2D eigenvalue weighted by Gasteiger charge is 2.59. The van der Waals surface area contributed by atoms with Gasteiger partial charge in [0.15, 0.2) is 11.2 Å². The van der Waals surface area contributed by atoms with Crippen LogP contribution in [-0.4, -0.2) is 16.2 Å². The molecule has 0 aromatic rings. The molecule has 0 aliphatic heterocycles. The van der Waals surface area contributed by atoms with Crippen molar-refractivity contribution >= 4 is 5.78 Å². The van der Waals surface area contributed by atoms with Gasteiger partial charge in [0, 0.05) is 24.2 Å². The van der Waals surface area contributed by atoms with Crippen molar-refractivity contribution in [1.82, 2.24) is 0 Å². The largest absolute Gasteiger partial charge is 0.297 e. The van der Waals surface area contributed by atoms with Gasteiger partial charge in [-0.3, -0.25) is 14.9 Å². The van der Waals surface area contributed by atoms with E-state index in [1.807, 2.05) is 6.07 Å². The van der Waals surface area contributed by atoms with Crippen molar-refractivity contribution in [1.29, 1.82) is 5.26 Å². The predicted octanol–water partition coefficient (Wildman–Crippen LogP) is 2.19. The summed E-state index contributed by atoms with van der Waals surface area (Å²) in [7, 11) is 0. The van der Waals surface area contributed by atoms with E-state index in [2.05, 4.69) is 0 Å². The molecule has 5 nitrogen and oxygen atoms in total. The van der Waals surface area contributed by atoms with Crippen molar-refractivity contribution in [2.45, 2.75) is 47.1 Å². The molecule has 0 amide bonds. The van der Waals surface area contributed by atoms with Crippen LogP contribution in [0.15, 0.2) is 0 Å². The SMILES string of the molecule is CC(C)(C)C(=O)C(C)(C#N)C(C)(C)[N+](=O)[O-]. The van der Waals surface area contributed by atoms with Crippen LogP contribution in [0.3, 0.4) is 0 Å². The van der Waals surface area contributed by atoms with Gasteiger partial charge in [0.05, 0.1) is 6.07 Å². The Labute approximate surface area is 95.6 Å². The number of nitro groups is 1. The third-order valence-corrected chi connectivity index (χ3v) is 3.04. The van der Waals surface area contributed by atoms with Crippen LogP contribution in [0, 0.1) is 32.3 Å². The molecule has 0 rings (SSSR count). The van der Waals surface area contributed by atoms with Crippen LogP contribution in [0.25, 0.3) is 0 Å². The average Bonchev–Trinajstić information content (AvgIpc) is 2.13. The van der Waals surface area contributed by atoms with E-state index in [0.717, 1.165) is 0 Å². The monoisotopic (exact) mass is 226 g/mol. The van der Waals surface area contributed by atoms with Gasteiger partial charge in [0.1, 0.15) is 0 Å². The van der Waals surface area contributed by atoms with Crippen molar-refractivity contribution in [3.8, 4) is 6.07 Å². The molecule has 1 unspecified atom stereocenters. The van der Waals surface area contributed by atoms with Gasteiger partial charge >= 0.3 is 0 Å². The van der Waals surface area contributed by atoms with E-state index in [1.54, 1.807) is 20.8 Å². The lowest BCUT2D eigenvalue weighted by Gasteiger charge is -2.34. The van der Waals surface area contributed by atoms with Gasteiger partial charge in [-0.1, -0.05) is 20.8 Å². The maximum Gasteiger partial charge on any atom is 0.241 e. The number of carbonyl (C=O) groups is 1. The predicted molar refractivity (Wildman–Crippen MR) is 59.3 cm³/mol. The Balaban J connectivity index is 5.68. The van der Waals surface area contributed by atoms with E-state index >= 15 is 0 Å². The van der Waals surface area contributed by atoms with E-state index < -0.39 is 27.1 Å². The Bertz CT molecular complexity index is 360. The topological polar surface area (TPSA) is 84.0 Å². The first-order chi connectivity index (χ1) is 6.91. The highest BCUT2D eigenvalue weighted by molar-refractivity contribution is 5.92. The summed E-state index contributed by atoms with van der Waals surface area (Å²) in [6.07, 6.45) is 0. The summed E-state index contributed by atoms with van der Waals surface area (Å²) >= 11 is 0. The van der Waals surface area contributed by atoms with E-state index in [9.17, 15) is 14.9 Å². The summed E-state index contributed by atoms with van der Waals surface area (Å²) in [4.78, 5) is 22.5. The van der Waals surface area contributed by atoms with Gasteiger partial charge in [-0.05, 0) is 6.92 Å². The van der Waals surface area contributed by atoms with Crippen molar-refractivity contribution in [3.05, 3.63) is 10.1 Å². The van der Waals surface area contributed by atoms with Gasteiger partial charge in [0.25, 0.3) is 0 Å². The summed E-state index contributed by atoms with van der Waals surface area (Å²) in [5.41, 5.74) is -4.02. The maximum atomic E-state index is 12.1. The number of carbonyl (C=O) groups excluding carboxylic acids is 1. The highest BCUT2D eigenvalue weighted by Crippen LogP contribution is 2.39. The molecule has 0 aliphatic carbocycles. The van der Waals surface area contributed by atoms with Crippen LogP contribution in [0.2, 0.25) is 0 Å². The quantitative estimate of drug-likeness (QED) is 0.545. The number of Topliss-reactive ketones (excluding diaryl/α,β-unsaturated/α-hetero) is 1. The third-order valence-electron chi connectivity index (χ3n) is 3.04. The summed E-state index contributed by atoms with van der Waals surface area (Å²) in [5.74, 6) is -0.413. The molecule has 16 heavy (non-hydrogen) atoms. The molecular weight excluding hydrogens is 208 g/mol. The van der Waals surface area contributed by atoms with Crippen molar-refractivity contribution < 1.29 is 9.72 Å². The molecule has 0 N–H and O–H groups in total. The molecule has 0 spiro atoms. The van der Waals surface area contributed by atoms with E-state index in [4.69, 9.17) is 5.26 Å². The van der Waals surface area contributed by atoms with Crippen molar-refractivity contribution in [2.24, 2.45) is 10.8 Å². The Kier molecular flexibility index (Phi) is 3.51. The summed E-state index contributed by atoms with van der Waals surface area (Å²) in [6.45, 7) is 8.91. The van der Waals surface area contributed by atoms with Crippen LogP contribution in [0.1, 0.15) is 41.5 Å². The minimum Gasteiger partial charge on any atom is -0.297 e. The Morgan fingerprint density at radius 2 is 1.56 bits per heavy atom. The maximum absolute atomic E-state index is 12.1. The Morgan fingerprint density at radius 1 is 1.19 bits per heavy atom. The summed E-state index contributed by atoms with van der Waals surface area (Å²) in [6, 6.07) is 1.82. The molecule has 1 atom stereocenters.